The fourth-order valence-electron chi connectivity index (χ4n) is 6.57. The lowest BCUT2D eigenvalue weighted by Crippen LogP contribution is -2.53. The zero-order valence-electron chi connectivity index (χ0n) is 24.1. The molecule has 2 aliphatic rings. The standard InChI is InChI=1S/C34H40ClN3O3/c1-37(2)34(16-6-3-7-17-34)23-36-33(39)25-11-13-32(29(35)21-25)40-26-14-18-38(19-15-26)22-24-10-12-31-28(20-24)27-8-4-5-9-30(27)41-31/h4-5,8-13,20-21,26H,3,6-7,14-19,22-23H2,1-2H3,(H,36,39). The van der Waals surface area contributed by atoms with Gasteiger partial charge >= 0.3 is 0 Å². The minimum absolute atomic E-state index is 0.0377. The monoisotopic (exact) mass is 573 g/mol. The van der Waals surface area contributed by atoms with E-state index in [0.717, 1.165) is 56.5 Å². The molecule has 2 fully saturated rings. The van der Waals surface area contributed by atoms with Crippen molar-refractivity contribution in [2.24, 2.45) is 0 Å². The molecule has 1 aliphatic carbocycles. The summed E-state index contributed by atoms with van der Waals surface area (Å²) in [6.07, 6.45) is 7.90. The lowest BCUT2D eigenvalue weighted by Gasteiger charge is -2.43. The molecule has 1 saturated carbocycles. The molecule has 6 rings (SSSR count). The van der Waals surface area contributed by atoms with Gasteiger partial charge in [0.1, 0.15) is 23.0 Å². The van der Waals surface area contributed by atoms with Crippen LogP contribution in [0, 0.1) is 0 Å². The van der Waals surface area contributed by atoms with Crippen LogP contribution < -0.4 is 10.1 Å². The number of hydrogen-bond donors (Lipinski definition) is 1. The summed E-state index contributed by atoms with van der Waals surface area (Å²) in [6, 6.07) is 20.1. The van der Waals surface area contributed by atoms with E-state index in [1.54, 1.807) is 6.07 Å². The van der Waals surface area contributed by atoms with E-state index in [2.05, 4.69) is 59.5 Å². The van der Waals surface area contributed by atoms with Gasteiger partial charge in [-0.2, -0.15) is 0 Å². The summed E-state index contributed by atoms with van der Waals surface area (Å²) in [5.41, 5.74) is 3.77. The molecule has 0 radical (unpaired) electrons. The number of benzene rings is 3. The lowest BCUT2D eigenvalue weighted by molar-refractivity contribution is 0.0799. The maximum absolute atomic E-state index is 13.0. The zero-order chi connectivity index (χ0) is 28.4. The van der Waals surface area contributed by atoms with Gasteiger partial charge in [0.25, 0.3) is 5.91 Å². The van der Waals surface area contributed by atoms with Crippen LogP contribution in [0.5, 0.6) is 5.75 Å². The van der Waals surface area contributed by atoms with Crippen LogP contribution in [0.4, 0.5) is 0 Å². The smallest absolute Gasteiger partial charge is 0.251 e. The van der Waals surface area contributed by atoms with E-state index < -0.39 is 0 Å². The van der Waals surface area contributed by atoms with Crippen molar-refractivity contribution in [3.05, 3.63) is 76.8 Å². The Kier molecular flexibility index (Phi) is 8.25. The first-order valence-electron chi connectivity index (χ1n) is 14.9. The highest BCUT2D eigenvalue weighted by Crippen LogP contribution is 2.33. The highest BCUT2D eigenvalue weighted by molar-refractivity contribution is 6.32. The van der Waals surface area contributed by atoms with Crippen LogP contribution in [-0.2, 0) is 6.54 Å². The van der Waals surface area contributed by atoms with Gasteiger partial charge in [0.2, 0.25) is 0 Å². The number of carbonyl (C=O) groups is 1. The molecule has 3 aromatic carbocycles. The summed E-state index contributed by atoms with van der Waals surface area (Å²) < 4.78 is 12.3. The molecule has 4 aromatic rings. The van der Waals surface area contributed by atoms with Crippen LogP contribution in [0.2, 0.25) is 5.02 Å². The summed E-state index contributed by atoms with van der Waals surface area (Å²) in [7, 11) is 4.24. The normalized spacial score (nSPS) is 18.2. The summed E-state index contributed by atoms with van der Waals surface area (Å²) >= 11 is 6.60. The molecular weight excluding hydrogens is 534 g/mol. The molecule has 1 aromatic heterocycles. The second-order valence-corrected chi connectivity index (χ2v) is 12.4. The molecule has 0 bridgehead atoms. The molecule has 0 atom stereocenters. The number of rotatable bonds is 8. The van der Waals surface area contributed by atoms with Crippen LogP contribution >= 0.6 is 11.6 Å². The second kappa shape index (κ2) is 12.0. The molecule has 1 aliphatic heterocycles. The van der Waals surface area contributed by atoms with Gasteiger partial charge in [-0.25, -0.2) is 0 Å². The molecule has 0 spiro atoms. The molecule has 6 nitrogen and oxygen atoms in total. The summed E-state index contributed by atoms with van der Waals surface area (Å²) in [5.74, 6) is 0.566. The number of nitrogens with one attached hydrogen (secondary N) is 1. The fraction of sp³-hybridized carbons (Fsp3) is 0.441. The zero-order valence-corrected chi connectivity index (χ0v) is 24.9. The van der Waals surface area contributed by atoms with Crippen molar-refractivity contribution in [1.82, 2.24) is 15.1 Å². The molecule has 41 heavy (non-hydrogen) atoms. The number of piperidine rings is 1. The Labute approximate surface area is 247 Å². The van der Waals surface area contributed by atoms with E-state index in [4.69, 9.17) is 20.8 Å². The van der Waals surface area contributed by atoms with Gasteiger partial charge in [-0.15, -0.1) is 0 Å². The van der Waals surface area contributed by atoms with Gasteiger partial charge in [-0.05, 0) is 81.7 Å². The number of furan rings is 1. The topological polar surface area (TPSA) is 58.0 Å². The number of fused-ring (bicyclic) bond motifs is 3. The highest BCUT2D eigenvalue weighted by atomic mass is 35.5. The largest absolute Gasteiger partial charge is 0.489 e. The Morgan fingerprint density at radius 3 is 2.51 bits per heavy atom. The van der Waals surface area contributed by atoms with Crippen LogP contribution in [0.1, 0.15) is 60.9 Å². The van der Waals surface area contributed by atoms with Crippen molar-refractivity contribution in [2.45, 2.75) is 63.1 Å². The number of hydrogen-bond acceptors (Lipinski definition) is 5. The van der Waals surface area contributed by atoms with E-state index in [0.29, 0.717) is 22.9 Å². The average Bonchev–Trinajstić information content (AvgIpc) is 3.36. The van der Waals surface area contributed by atoms with Gasteiger partial charge in [0, 0.05) is 48.1 Å². The quantitative estimate of drug-likeness (QED) is 0.240. The molecular formula is C34H40ClN3O3. The SMILES string of the molecule is CN(C)C1(CNC(=O)c2ccc(OC3CCN(Cc4ccc5oc6ccccc6c5c4)CC3)c(Cl)c2)CCCCC1. The van der Waals surface area contributed by atoms with Crippen molar-refractivity contribution in [3.8, 4) is 5.75 Å². The number of nitrogens with zero attached hydrogens (tertiary/aromatic N) is 2. The molecule has 2 heterocycles. The Hall–Kier alpha value is -3.06. The highest BCUT2D eigenvalue weighted by Gasteiger charge is 2.34. The third-order valence-electron chi connectivity index (χ3n) is 9.18. The van der Waals surface area contributed by atoms with Gasteiger partial charge in [-0.3, -0.25) is 9.69 Å². The third kappa shape index (κ3) is 6.11. The van der Waals surface area contributed by atoms with E-state index in [1.165, 1.54) is 35.6 Å². The molecule has 1 amide bonds. The Morgan fingerprint density at radius 2 is 1.76 bits per heavy atom. The van der Waals surface area contributed by atoms with Crippen LogP contribution in [-0.4, -0.2) is 61.1 Å². The average molecular weight is 574 g/mol. The van der Waals surface area contributed by atoms with Crippen molar-refractivity contribution in [3.63, 3.8) is 0 Å². The van der Waals surface area contributed by atoms with Crippen molar-refractivity contribution in [2.75, 3.05) is 33.7 Å². The minimum Gasteiger partial charge on any atom is -0.489 e. The predicted octanol–water partition coefficient (Wildman–Crippen LogP) is 7.28. The second-order valence-electron chi connectivity index (χ2n) is 12.0. The number of ether oxygens (including phenoxy) is 1. The fourth-order valence-corrected chi connectivity index (χ4v) is 6.80. The summed E-state index contributed by atoms with van der Waals surface area (Å²) in [5, 5.41) is 6.00. The molecule has 1 saturated heterocycles. The first-order chi connectivity index (χ1) is 19.9. The maximum Gasteiger partial charge on any atom is 0.251 e. The Balaban J connectivity index is 1.01. The molecule has 216 valence electrons. The van der Waals surface area contributed by atoms with Crippen molar-refractivity contribution < 1.29 is 13.9 Å². The number of carbonyl (C=O) groups excluding carboxylic acids is 1. The maximum atomic E-state index is 13.0. The number of likely N-dealkylation sites (N-methyl/N-ethyl adjacent to an activating group) is 1. The molecule has 1 N–H and O–H groups in total. The number of amides is 1. The van der Waals surface area contributed by atoms with Gasteiger partial charge in [-0.1, -0.05) is 55.1 Å². The Bertz CT molecular complexity index is 1520. The van der Waals surface area contributed by atoms with Crippen LogP contribution in [0.3, 0.4) is 0 Å². The van der Waals surface area contributed by atoms with Crippen molar-refractivity contribution in [1.29, 1.82) is 0 Å². The first-order valence-corrected chi connectivity index (χ1v) is 15.3. The van der Waals surface area contributed by atoms with Gasteiger partial charge < -0.3 is 19.4 Å². The van der Waals surface area contributed by atoms with E-state index in [9.17, 15) is 4.79 Å². The molecule has 0 unspecified atom stereocenters. The third-order valence-corrected chi connectivity index (χ3v) is 9.48. The van der Waals surface area contributed by atoms with E-state index in [-0.39, 0.29) is 17.6 Å². The van der Waals surface area contributed by atoms with Gasteiger partial charge in [0.05, 0.1) is 5.02 Å². The number of halogens is 1. The van der Waals surface area contributed by atoms with Crippen LogP contribution in [0.25, 0.3) is 21.9 Å². The van der Waals surface area contributed by atoms with Crippen molar-refractivity contribution >= 4 is 39.4 Å². The lowest BCUT2D eigenvalue weighted by atomic mass is 9.80. The van der Waals surface area contributed by atoms with E-state index in [1.807, 2.05) is 24.3 Å². The summed E-state index contributed by atoms with van der Waals surface area (Å²) in [4.78, 5) is 17.7. The van der Waals surface area contributed by atoms with Crippen LogP contribution in [0.15, 0.2) is 65.1 Å². The minimum atomic E-state index is -0.0832. The molecule has 7 heteroatoms. The predicted molar refractivity (Wildman–Crippen MR) is 166 cm³/mol. The summed E-state index contributed by atoms with van der Waals surface area (Å²) in [6.45, 7) is 3.47. The number of para-hydroxylation sites is 1. The number of likely N-dealkylation sites (tertiary alicyclic amines) is 1. The Morgan fingerprint density at radius 1 is 1.00 bits per heavy atom. The van der Waals surface area contributed by atoms with E-state index >= 15 is 0 Å². The first kappa shape index (κ1) is 28.1. The van der Waals surface area contributed by atoms with Gasteiger partial charge in [0.15, 0.2) is 0 Å².